The molecule has 0 spiro atoms. The fourth-order valence-corrected chi connectivity index (χ4v) is 1.29. The lowest BCUT2D eigenvalue weighted by atomic mass is 10.2. The van der Waals surface area contributed by atoms with Crippen molar-refractivity contribution in [2.24, 2.45) is 0 Å². The number of esters is 1. The Hall–Kier alpha value is -1.25. The number of carbonyl (C=O) groups excluding carboxylic acids is 1. The van der Waals surface area contributed by atoms with Crippen LogP contribution in [0.1, 0.15) is 5.56 Å². The van der Waals surface area contributed by atoms with Gasteiger partial charge in [0.15, 0.2) is 0 Å². The van der Waals surface area contributed by atoms with Gasteiger partial charge in [0.2, 0.25) is 0 Å². The Balaban J connectivity index is 2.66. The lowest BCUT2D eigenvalue weighted by Crippen LogP contribution is -1.92. The molecule has 1 aromatic rings. The highest BCUT2D eigenvalue weighted by Gasteiger charge is 1.95. The summed E-state index contributed by atoms with van der Waals surface area (Å²) in [7, 11) is 1.33. The van der Waals surface area contributed by atoms with Crippen LogP contribution in [0.15, 0.2) is 36.4 Å². The highest BCUT2D eigenvalue weighted by Crippen LogP contribution is 2.22. The topological polar surface area (TPSA) is 26.3 Å². The number of ether oxygens (including phenoxy) is 1. The van der Waals surface area contributed by atoms with Gasteiger partial charge in [-0.1, -0.05) is 47.5 Å². The number of allylic oxidation sites excluding steroid dienone is 2. The Kier molecular flexibility index (Phi) is 5.09. The van der Waals surface area contributed by atoms with E-state index in [0.717, 1.165) is 5.56 Å². The van der Waals surface area contributed by atoms with Crippen LogP contribution in [0.4, 0.5) is 0 Å². The molecule has 84 valence electrons. The van der Waals surface area contributed by atoms with Crippen LogP contribution in [0, 0.1) is 0 Å². The molecule has 0 saturated carbocycles. The molecule has 0 unspecified atom stereocenters. The van der Waals surface area contributed by atoms with E-state index in [0.29, 0.717) is 10.0 Å². The quantitative estimate of drug-likeness (QED) is 0.468. The molecule has 0 N–H and O–H groups in total. The zero-order valence-corrected chi connectivity index (χ0v) is 10.1. The predicted octanol–water partition coefficient (Wildman–Crippen LogP) is 3.74. The van der Waals surface area contributed by atoms with Gasteiger partial charge in [0, 0.05) is 6.08 Å². The third-order valence-corrected chi connectivity index (χ3v) is 2.52. The van der Waals surface area contributed by atoms with Gasteiger partial charge >= 0.3 is 5.97 Å². The number of benzene rings is 1. The normalized spacial score (nSPS) is 11.2. The minimum Gasteiger partial charge on any atom is -0.466 e. The van der Waals surface area contributed by atoms with Crippen molar-refractivity contribution in [2.75, 3.05) is 7.11 Å². The molecule has 0 aliphatic heterocycles. The van der Waals surface area contributed by atoms with Crippen molar-refractivity contribution >= 4 is 35.2 Å². The van der Waals surface area contributed by atoms with E-state index in [1.165, 1.54) is 13.2 Å². The van der Waals surface area contributed by atoms with Crippen LogP contribution in [-0.4, -0.2) is 13.1 Å². The molecule has 0 bridgehead atoms. The fraction of sp³-hybridized carbons (Fsp3) is 0.0833. The van der Waals surface area contributed by atoms with Crippen LogP contribution < -0.4 is 0 Å². The summed E-state index contributed by atoms with van der Waals surface area (Å²) in [6.07, 6.45) is 6.44. The molecule has 0 aromatic heterocycles. The Morgan fingerprint density at radius 2 is 2.00 bits per heavy atom. The fourth-order valence-electron chi connectivity index (χ4n) is 0.985. The smallest absolute Gasteiger partial charge is 0.330 e. The van der Waals surface area contributed by atoms with Gasteiger partial charge < -0.3 is 4.74 Å². The summed E-state index contributed by atoms with van der Waals surface area (Å²) in [5.74, 6) is -0.390. The van der Waals surface area contributed by atoms with Crippen LogP contribution in [0.25, 0.3) is 6.08 Å². The number of rotatable bonds is 3. The molecule has 2 nitrogen and oxygen atoms in total. The molecule has 4 heteroatoms. The first-order valence-corrected chi connectivity index (χ1v) is 5.27. The van der Waals surface area contributed by atoms with Gasteiger partial charge in [-0.25, -0.2) is 4.79 Å². The SMILES string of the molecule is COC(=O)C=CC=Cc1ccc(Cl)c(Cl)c1. The molecule has 0 aliphatic carbocycles. The molecule has 0 aliphatic rings. The monoisotopic (exact) mass is 256 g/mol. The second-order valence-corrected chi connectivity index (χ2v) is 3.73. The maximum atomic E-state index is 10.7. The van der Waals surface area contributed by atoms with Gasteiger partial charge in [-0.2, -0.15) is 0 Å². The molecule has 0 fully saturated rings. The van der Waals surface area contributed by atoms with Crippen LogP contribution >= 0.6 is 23.2 Å². The lowest BCUT2D eigenvalue weighted by molar-refractivity contribution is -0.134. The largest absolute Gasteiger partial charge is 0.466 e. The first kappa shape index (κ1) is 12.8. The molecule has 0 radical (unpaired) electrons. The second-order valence-electron chi connectivity index (χ2n) is 2.91. The average Bonchev–Trinajstić information content (AvgIpc) is 2.28. The summed E-state index contributed by atoms with van der Waals surface area (Å²) in [6.45, 7) is 0. The van der Waals surface area contributed by atoms with E-state index in [4.69, 9.17) is 23.2 Å². The zero-order chi connectivity index (χ0) is 12.0. The molecule has 1 aromatic carbocycles. The molecule has 0 atom stereocenters. The number of methoxy groups -OCH3 is 1. The Labute approximate surface area is 104 Å². The molecule has 1 rings (SSSR count). The van der Waals surface area contributed by atoms with E-state index < -0.39 is 5.97 Å². The van der Waals surface area contributed by atoms with Crippen LogP contribution in [0.3, 0.4) is 0 Å². The minimum atomic E-state index is -0.390. The highest BCUT2D eigenvalue weighted by atomic mass is 35.5. The number of halogens is 2. The van der Waals surface area contributed by atoms with Gasteiger partial charge in [-0.3, -0.25) is 0 Å². The van der Waals surface area contributed by atoms with E-state index in [-0.39, 0.29) is 0 Å². The Bertz CT molecular complexity index is 437. The molecule has 0 saturated heterocycles. The molecule has 0 amide bonds. The summed E-state index contributed by atoms with van der Waals surface area (Å²) in [5, 5.41) is 1.02. The summed E-state index contributed by atoms with van der Waals surface area (Å²) < 4.78 is 4.44. The highest BCUT2D eigenvalue weighted by molar-refractivity contribution is 6.42. The number of hydrogen-bond donors (Lipinski definition) is 0. The summed E-state index contributed by atoms with van der Waals surface area (Å²) in [6, 6.07) is 5.29. The summed E-state index contributed by atoms with van der Waals surface area (Å²) in [4.78, 5) is 10.7. The summed E-state index contributed by atoms with van der Waals surface area (Å²) in [5.41, 5.74) is 0.906. The van der Waals surface area contributed by atoms with Crippen molar-refractivity contribution < 1.29 is 9.53 Å². The van der Waals surface area contributed by atoms with Gasteiger partial charge in [0.05, 0.1) is 17.2 Å². The Morgan fingerprint density at radius 1 is 1.25 bits per heavy atom. The number of hydrogen-bond acceptors (Lipinski definition) is 2. The molecule has 16 heavy (non-hydrogen) atoms. The number of carbonyl (C=O) groups is 1. The summed E-state index contributed by atoms with van der Waals surface area (Å²) >= 11 is 11.6. The van der Waals surface area contributed by atoms with Crippen molar-refractivity contribution in [3.63, 3.8) is 0 Å². The van der Waals surface area contributed by atoms with E-state index in [1.807, 2.05) is 12.1 Å². The van der Waals surface area contributed by atoms with Crippen LogP contribution in [0.2, 0.25) is 10.0 Å². The minimum absolute atomic E-state index is 0.390. The van der Waals surface area contributed by atoms with Crippen molar-refractivity contribution in [3.05, 3.63) is 52.0 Å². The van der Waals surface area contributed by atoms with Gasteiger partial charge in [0.25, 0.3) is 0 Å². The van der Waals surface area contributed by atoms with Gasteiger partial charge in [-0.05, 0) is 17.7 Å². The van der Waals surface area contributed by atoms with Crippen molar-refractivity contribution in [1.29, 1.82) is 0 Å². The van der Waals surface area contributed by atoms with Crippen LogP contribution in [-0.2, 0) is 9.53 Å². The molecular formula is C12H10Cl2O2. The van der Waals surface area contributed by atoms with Crippen LogP contribution in [0.5, 0.6) is 0 Å². The van der Waals surface area contributed by atoms with Crippen molar-refractivity contribution in [1.82, 2.24) is 0 Å². The predicted molar refractivity (Wildman–Crippen MR) is 66.7 cm³/mol. The zero-order valence-electron chi connectivity index (χ0n) is 8.61. The Morgan fingerprint density at radius 3 is 2.62 bits per heavy atom. The first-order chi connectivity index (χ1) is 7.63. The molecular weight excluding hydrogens is 247 g/mol. The third kappa shape index (κ3) is 4.09. The maximum Gasteiger partial charge on any atom is 0.330 e. The third-order valence-electron chi connectivity index (χ3n) is 1.78. The van der Waals surface area contributed by atoms with E-state index in [2.05, 4.69) is 4.74 Å². The second kappa shape index (κ2) is 6.36. The lowest BCUT2D eigenvalue weighted by Gasteiger charge is -1.96. The standard InChI is InChI=1S/C12H10Cl2O2/c1-16-12(15)5-3-2-4-9-6-7-10(13)11(14)8-9/h2-8H,1H3. The average molecular weight is 257 g/mol. The maximum absolute atomic E-state index is 10.7. The van der Waals surface area contributed by atoms with E-state index >= 15 is 0 Å². The van der Waals surface area contributed by atoms with E-state index in [9.17, 15) is 4.79 Å². The molecule has 0 heterocycles. The van der Waals surface area contributed by atoms with Gasteiger partial charge in [0.1, 0.15) is 0 Å². The van der Waals surface area contributed by atoms with Crippen molar-refractivity contribution in [2.45, 2.75) is 0 Å². The first-order valence-electron chi connectivity index (χ1n) is 4.51. The van der Waals surface area contributed by atoms with Gasteiger partial charge in [-0.15, -0.1) is 0 Å². The van der Waals surface area contributed by atoms with Crippen molar-refractivity contribution in [3.8, 4) is 0 Å². The van der Waals surface area contributed by atoms with E-state index in [1.54, 1.807) is 24.3 Å².